The van der Waals surface area contributed by atoms with E-state index in [1.807, 2.05) is 6.08 Å². The molecular formula is C10H16O2. The van der Waals surface area contributed by atoms with Crippen LogP contribution in [0.2, 0.25) is 0 Å². The first-order valence-corrected chi connectivity index (χ1v) is 4.48. The van der Waals surface area contributed by atoms with E-state index in [1.165, 1.54) is 0 Å². The van der Waals surface area contributed by atoms with E-state index in [9.17, 15) is 0 Å². The van der Waals surface area contributed by atoms with E-state index >= 15 is 0 Å². The standard InChI is InChI=1S/C10H16O2/c1-4-8-5-10(8)11-6-9(2,3)7-12-10/h4,8H,1,5-7H2,2-3H3/t8-/m1/s1. The highest BCUT2D eigenvalue weighted by Crippen LogP contribution is 2.52. The van der Waals surface area contributed by atoms with Crippen molar-refractivity contribution in [2.45, 2.75) is 26.1 Å². The SMILES string of the molecule is C=C[C@@H]1CC12OCC(C)(C)CO2. The van der Waals surface area contributed by atoms with E-state index in [2.05, 4.69) is 20.4 Å². The quantitative estimate of drug-likeness (QED) is 0.557. The second-order valence-electron chi connectivity index (χ2n) is 4.60. The highest BCUT2D eigenvalue weighted by atomic mass is 16.7. The van der Waals surface area contributed by atoms with E-state index in [1.54, 1.807) is 0 Å². The van der Waals surface area contributed by atoms with Crippen molar-refractivity contribution in [1.82, 2.24) is 0 Å². The maximum absolute atomic E-state index is 5.70. The first kappa shape index (κ1) is 8.27. The summed E-state index contributed by atoms with van der Waals surface area (Å²) >= 11 is 0. The van der Waals surface area contributed by atoms with Gasteiger partial charge in [-0.2, -0.15) is 0 Å². The Kier molecular flexibility index (Phi) is 1.61. The Morgan fingerprint density at radius 1 is 1.33 bits per heavy atom. The molecule has 1 aliphatic carbocycles. The summed E-state index contributed by atoms with van der Waals surface area (Å²) in [5.41, 5.74) is 0.180. The molecule has 1 atom stereocenters. The molecule has 0 N–H and O–H groups in total. The summed E-state index contributed by atoms with van der Waals surface area (Å²) in [5, 5.41) is 0. The monoisotopic (exact) mass is 168 g/mol. The zero-order valence-electron chi connectivity index (χ0n) is 7.80. The maximum Gasteiger partial charge on any atom is 0.175 e. The lowest BCUT2D eigenvalue weighted by Gasteiger charge is -2.35. The van der Waals surface area contributed by atoms with Gasteiger partial charge in [-0.15, -0.1) is 6.58 Å². The molecule has 0 unspecified atom stereocenters. The van der Waals surface area contributed by atoms with Gasteiger partial charge in [0.05, 0.1) is 13.2 Å². The second-order valence-corrected chi connectivity index (χ2v) is 4.60. The third kappa shape index (κ3) is 1.19. The lowest BCUT2D eigenvalue weighted by Crippen LogP contribution is -2.40. The minimum atomic E-state index is -0.267. The number of rotatable bonds is 1. The van der Waals surface area contributed by atoms with Crippen LogP contribution in [0, 0.1) is 11.3 Å². The van der Waals surface area contributed by atoms with Gasteiger partial charge in [0.15, 0.2) is 5.79 Å². The van der Waals surface area contributed by atoms with Crippen molar-refractivity contribution < 1.29 is 9.47 Å². The van der Waals surface area contributed by atoms with Crippen molar-refractivity contribution in [3.8, 4) is 0 Å². The van der Waals surface area contributed by atoms with Crippen molar-refractivity contribution in [2.24, 2.45) is 11.3 Å². The summed E-state index contributed by atoms with van der Waals surface area (Å²) in [5.74, 6) is 0.158. The molecule has 2 aliphatic rings. The van der Waals surface area contributed by atoms with Crippen LogP contribution in [0.5, 0.6) is 0 Å². The van der Waals surface area contributed by atoms with Crippen molar-refractivity contribution in [1.29, 1.82) is 0 Å². The molecule has 0 radical (unpaired) electrons. The van der Waals surface area contributed by atoms with E-state index in [0.717, 1.165) is 19.6 Å². The third-order valence-electron chi connectivity index (χ3n) is 2.61. The normalized spacial score (nSPS) is 36.3. The molecule has 2 fully saturated rings. The first-order valence-electron chi connectivity index (χ1n) is 4.48. The van der Waals surface area contributed by atoms with Gasteiger partial charge in [0.25, 0.3) is 0 Å². The van der Waals surface area contributed by atoms with Crippen molar-refractivity contribution >= 4 is 0 Å². The molecular weight excluding hydrogens is 152 g/mol. The smallest absolute Gasteiger partial charge is 0.175 e. The molecule has 2 rings (SSSR count). The molecule has 0 amide bonds. The van der Waals surface area contributed by atoms with Gasteiger partial charge < -0.3 is 9.47 Å². The van der Waals surface area contributed by atoms with E-state index in [0.29, 0.717) is 5.92 Å². The van der Waals surface area contributed by atoms with E-state index in [4.69, 9.17) is 9.47 Å². The van der Waals surface area contributed by atoms with Gasteiger partial charge in [0, 0.05) is 17.8 Å². The van der Waals surface area contributed by atoms with Gasteiger partial charge in [0.2, 0.25) is 0 Å². The van der Waals surface area contributed by atoms with Crippen molar-refractivity contribution in [3.05, 3.63) is 12.7 Å². The number of hydrogen-bond acceptors (Lipinski definition) is 2. The average Bonchev–Trinajstić information content (AvgIpc) is 2.72. The van der Waals surface area contributed by atoms with Crippen molar-refractivity contribution in [3.63, 3.8) is 0 Å². The summed E-state index contributed by atoms with van der Waals surface area (Å²) in [7, 11) is 0. The van der Waals surface area contributed by atoms with Crippen LogP contribution >= 0.6 is 0 Å². The largest absolute Gasteiger partial charge is 0.349 e. The Morgan fingerprint density at radius 3 is 2.33 bits per heavy atom. The van der Waals surface area contributed by atoms with Gasteiger partial charge in [-0.05, 0) is 0 Å². The predicted molar refractivity (Wildman–Crippen MR) is 46.7 cm³/mol. The molecule has 0 bridgehead atoms. The molecule has 1 heterocycles. The molecule has 0 aromatic carbocycles. The molecule has 1 spiro atoms. The van der Waals surface area contributed by atoms with Crippen LogP contribution in [0.15, 0.2) is 12.7 Å². The summed E-state index contributed by atoms with van der Waals surface area (Å²) in [4.78, 5) is 0. The molecule has 0 aromatic rings. The van der Waals surface area contributed by atoms with Crippen molar-refractivity contribution in [2.75, 3.05) is 13.2 Å². The molecule has 1 aliphatic heterocycles. The summed E-state index contributed by atoms with van der Waals surface area (Å²) in [6.07, 6.45) is 2.92. The van der Waals surface area contributed by atoms with Crippen LogP contribution in [0.4, 0.5) is 0 Å². The Balaban J connectivity index is 1.96. The lowest BCUT2D eigenvalue weighted by molar-refractivity contribution is -0.247. The molecule has 0 aromatic heterocycles. The van der Waals surface area contributed by atoms with Gasteiger partial charge in [-0.1, -0.05) is 19.9 Å². The molecule has 2 nitrogen and oxygen atoms in total. The van der Waals surface area contributed by atoms with E-state index < -0.39 is 0 Å². The van der Waals surface area contributed by atoms with Crippen LogP contribution < -0.4 is 0 Å². The first-order chi connectivity index (χ1) is 5.58. The topological polar surface area (TPSA) is 18.5 Å². The molecule has 1 saturated carbocycles. The minimum absolute atomic E-state index is 0.180. The molecule has 2 heteroatoms. The fourth-order valence-electron chi connectivity index (χ4n) is 1.56. The Labute approximate surface area is 73.5 Å². The van der Waals surface area contributed by atoms with Gasteiger partial charge in [-0.3, -0.25) is 0 Å². The predicted octanol–water partition coefficient (Wildman–Crippen LogP) is 1.96. The third-order valence-corrected chi connectivity index (χ3v) is 2.61. The molecule has 12 heavy (non-hydrogen) atoms. The highest BCUT2D eigenvalue weighted by Gasteiger charge is 2.58. The van der Waals surface area contributed by atoms with Crippen LogP contribution in [-0.4, -0.2) is 19.0 Å². The minimum Gasteiger partial charge on any atom is -0.349 e. The van der Waals surface area contributed by atoms with Gasteiger partial charge in [0.1, 0.15) is 0 Å². The fraction of sp³-hybridized carbons (Fsp3) is 0.800. The Hall–Kier alpha value is -0.340. The van der Waals surface area contributed by atoms with Crippen LogP contribution in [0.25, 0.3) is 0 Å². The zero-order chi connectivity index (χ0) is 8.82. The Morgan fingerprint density at radius 2 is 1.92 bits per heavy atom. The molecule has 1 saturated heterocycles. The van der Waals surface area contributed by atoms with Crippen LogP contribution in [-0.2, 0) is 9.47 Å². The second kappa shape index (κ2) is 2.33. The van der Waals surface area contributed by atoms with Gasteiger partial charge >= 0.3 is 0 Å². The summed E-state index contributed by atoms with van der Waals surface area (Å²) < 4.78 is 11.4. The van der Waals surface area contributed by atoms with Crippen LogP contribution in [0.3, 0.4) is 0 Å². The van der Waals surface area contributed by atoms with Crippen LogP contribution in [0.1, 0.15) is 20.3 Å². The zero-order valence-corrected chi connectivity index (χ0v) is 7.80. The highest BCUT2D eigenvalue weighted by molar-refractivity contribution is 5.08. The summed E-state index contributed by atoms with van der Waals surface area (Å²) in [6, 6.07) is 0. The summed E-state index contributed by atoms with van der Waals surface area (Å²) in [6.45, 7) is 9.67. The fourth-order valence-corrected chi connectivity index (χ4v) is 1.56. The van der Waals surface area contributed by atoms with E-state index in [-0.39, 0.29) is 11.2 Å². The number of hydrogen-bond donors (Lipinski definition) is 0. The maximum atomic E-state index is 5.70. The Bertz CT molecular complexity index is 198. The average molecular weight is 168 g/mol. The van der Waals surface area contributed by atoms with Gasteiger partial charge in [-0.25, -0.2) is 0 Å². The lowest BCUT2D eigenvalue weighted by atomic mass is 9.95. The molecule has 68 valence electrons. The number of ether oxygens (including phenoxy) is 2.